The van der Waals surface area contributed by atoms with Gasteiger partial charge in [-0.15, -0.1) is 0 Å². The first kappa shape index (κ1) is 13.2. The lowest BCUT2D eigenvalue weighted by Crippen LogP contribution is -2.02. The van der Waals surface area contributed by atoms with Crippen molar-refractivity contribution in [2.24, 2.45) is 0 Å². The van der Waals surface area contributed by atoms with Gasteiger partial charge in [0.25, 0.3) is 0 Å². The van der Waals surface area contributed by atoms with Crippen molar-refractivity contribution >= 4 is 15.9 Å². The number of aliphatic hydroxyl groups is 1. The van der Waals surface area contributed by atoms with Gasteiger partial charge in [-0.25, -0.2) is 4.39 Å². The van der Waals surface area contributed by atoms with Crippen molar-refractivity contribution in [3.05, 3.63) is 69.9 Å². The average Bonchev–Trinajstić information content (AvgIpc) is 2.40. The normalized spacial score (nSPS) is 12.4. The summed E-state index contributed by atoms with van der Waals surface area (Å²) in [6, 6.07) is 14.5. The molecule has 1 atom stereocenters. The van der Waals surface area contributed by atoms with E-state index in [0.717, 1.165) is 16.5 Å². The van der Waals surface area contributed by atoms with Crippen LogP contribution in [0.3, 0.4) is 0 Å². The Morgan fingerprint density at radius 1 is 1.11 bits per heavy atom. The standard InChI is InChI=1S/C15H14BrFO/c16-12-7-8-14(17)13(10-12)15(18)9-6-11-4-2-1-3-5-11/h1-5,7-8,10,15,18H,6,9H2. The molecule has 0 bridgehead atoms. The summed E-state index contributed by atoms with van der Waals surface area (Å²) < 4.78 is 14.3. The highest BCUT2D eigenvalue weighted by atomic mass is 79.9. The summed E-state index contributed by atoms with van der Waals surface area (Å²) in [7, 11) is 0. The molecule has 0 aliphatic rings. The molecule has 0 fully saturated rings. The third kappa shape index (κ3) is 3.40. The molecule has 1 N–H and O–H groups in total. The van der Waals surface area contributed by atoms with Crippen molar-refractivity contribution in [3.63, 3.8) is 0 Å². The summed E-state index contributed by atoms with van der Waals surface area (Å²) in [5.74, 6) is -0.362. The first-order valence-corrected chi connectivity index (χ1v) is 6.63. The number of aryl methyl sites for hydroxylation is 1. The lowest BCUT2D eigenvalue weighted by atomic mass is 10.0. The molecular weight excluding hydrogens is 295 g/mol. The molecule has 1 unspecified atom stereocenters. The van der Waals surface area contributed by atoms with Gasteiger partial charge in [-0.1, -0.05) is 46.3 Å². The van der Waals surface area contributed by atoms with Crippen LogP contribution in [-0.4, -0.2) is 5.11 Å². The van der Waals surface area contributed by atoms with Gasteiger partial charge in [0, 0.05) is 10.0 Å². The fraction of sp³-hybridized carbons (Fsp3) is 0.200. The maximum atomic E-state index is 13.6. The van der Waals surface area contributed by atoms with E-state index < -0.39 is 6.10 Å². The van der Waals surface area contributed by atoms with Gasteiger partial charge >= 0.3 is 0 Å². The number of rotatable bonds is 4. The Bertz CT molecular complexity index is 513. The van der Waals surface area contributed by atoms with E-state index in [1.54, 1.807) is 12.1 Å². The fourth-order valence-electron chi connectivity index (χ4n) is 1.87. The van der Waals surface area contributed by atoms with E-state index in [0.29, 0.717) is 12.0 Å². The van der Waals surface area contributed by atoms with Gasteiger partial charge in [0.1, 0.15) is 5.82 Å². The van der Waals surface area contributed by atoms with E-state index in [1.165, 1.54) is 6.07 Å². The first-order chi connectivity index (χ1) is 8.66. The number of hydrogen-bond donors (Lipinski definition) is 1. The van der Waals surface area contributed by atoms with Crippen molar-refractivity contribution in [1.29, 1.82) is 0 Å². The number of benzene rings is 2. The van der Waals surface area contributed by atoms with Gasteiger partial charge in [0.15, 0.2) is 0 Å². The van der Waals surface area contributed by atoms with Crippen LogP contribution < -0.4 is 0 Å². The second-order valence-electron chi connectivity index (χ2n) is 4.21. The van der Waals surface area contributed by atoms with Gasteiger partial charge < -0.3 is 5.11 Å². The Morgan fingerprint density at radius 2 is 1.83 bits per heavy atom. The first-order valence-electron chi connectivity index (χ1n) is 5.84. The largest absolute Gasteiger partial charge is 0.388 e. The minimum absolute atomic E-state index is 0.348. The third-order valence-electron chi connectivity index (χ3n) is 2.87. The minimum atomic E-state index is -0.775. The second-order valence-corrected chi connectivity index (χ2v) is 5.12. The van der Waals surface area contributed by atoms with E-state index in [4.69, 9.17) is 0 Å². The lowest BCUT2D eigenvalue weighted by Gasteiger charge is -2.12. The molecular formula is C15H14BrFO. The highest BCUT2D eigenvalue weighted by molar-refractivity contribution is 9.10. The molecule has 0 saturated heterocycles. The molecule has 1 nitrogen and oxygen atoms in total. The van der Waals surface area contributed by atoms with Gasteiger partial charge in [-0.2, -0.15) is 0 Å². The summed E-state index contributed by atoms with van der Waals surface area (Å²) in [5, 5.41) is 10.0. The van der Waals surface area contributed by atoms with Crippen LogP contribution in [0.15, 0.2) is 53.0 Å². The topological polar surface area (TPSA) is 20.2 Å². The van der Waals surface area contributed by atoms with Crippen LogP contribution in [-0.2, 0) is 6.42 Å². The Labute approximate surface area is 114 Å². The summed E-state index contributed by atoms with van der Waals surface area (Å²) in [6.45, 7) is 0. The Morgan fingerprint density at radius 3 is 2.56 bits per heavy atom. The highest BCUT2D eigenvalue weighted by Gasteiger charge is 2.13. The van der Waals surface area contributed by atoms with Crippen molar-refractivity contribution in [2.45, 2.75) is 18.9 Å². The van der Waals surface area contributed by atoms with Crippen LogP contribution in [0.1, 0.15) is 23.7 Å². The number of hydrogen-bond acceptors (Lipinski definition) is 1. The van der Waals surface area contributed by atoms with E-state index in [-0.39, 0.29) is 5.82 Å². The molecule has 18 heavy (non-hydrogen) atoms. The molecule has 0 heterocycles. The Balaban J connectivity index is 2.03. The molecule has 0 spiro atoms. The van der Waals surface area contributed by atoms with Crippen LogP contribution >= 0.6 is 15.9 Å². The highest BCUT2D eigenvalue weighted by Crippen LogP contribution is 2.25. The van der Waals surface area contributed by atoms with Crippen LogP contribution in [0.4, 0.5) is 4.39 Å². The zero-order chi connectivity index (χ0) is 13.0. The molecule has 0 aromatic heterocycles. The van der Waals surface area contributed by atoms with Crippen molar-refractivity contribution < 1.29 is 9.50 Å². The minimum Gasteiger partial charge on any atom is -0.388 e. The smallest absolute Gasteiger partial charge is 0.129 e. The molecule has 2 aromatic carbocycles. The summed E-state index contributed by atoms with van der Waals surface area (Å²) in [4.78, 5) is 0. The summed E-state index contributed by atoms with van der Waals surface area (Å²) in [5.41, 5.74) is 1.49. The quantitative estimate of drug-likeness (QED) is 0.895. The van der Waals surface area contributed by atoms with Crippen molar-refractivity contribution in [2.75, 3.05) is 0 Å². The molecule has 3 heteroatoms. The van der Waals surface area contributed by atoms with Crippen LogP contribution in [0.25, 0.3) is 0 Å². The van der Waals surface area contributed by atoms with Crippen molar-refractivity contribution in [1.82, 2.24) is 0 Å². The molecule has 0 aliphatic carbocycles. The maximum absolute atomic E-state index is 13.6. The van der Waals surface area contributed by atoms with E-state index >= 15 is 0 Å². The fourth-order valence-corrected chi connectivity index (χ4v) is 2.25. The van der Waals surface area contributed by atoms with E-state index in [9.17, 15) is 9.50 Å². The van der Waals surface area contributed by atoms with Crippen LogP contribution in [0, 0.1) is 5.82 Å². The lowest BCUT2D eigenvalue weighted by molar-refractivity contribution is 0.163. The molecule has 0 amide bonds. The van der Waals surface area contributed by atoms with Crippen LogP contribution in [0.5, 0.6) is 0 Å². The molecule has 0 aliphatic heterocycles. The predicted molar refractivity (Wildman–Crippen MR) is 73.8 cm³/mol. The maximum Gasteiger partial charge on any atom is 0.129 e. The SMILES string of the molecule is OC(CCc1ccccc1)c1cc(Br)ccc1F. The van der Waals surface area contributed by atoms with E-state index in [2.05, 4.69) is 15.9 Å². The van der Waals surface area contributed by atoms with Gasteiger partial charge in [0.2, 0.25) is 0 Å². The zero-order valence-corrected chi connectivity index (χ0v) is 11.4. The molecule has 94 valence electrons. The number of aliphatic hydroxyl groups excluding tert-OH is 1. The van der Waals surface area contributed by atoms with Gasteiger partial charge in [-0.3, -0.25) is 0 Å². The van der Waals surface area contributed by atoms with Crippen LogP contribution in [0.2, 0.25) is 0 Å². The summed E-state index contributed by atoms with van der Waals surface area (Å²) >= 11 is 3.28. The Hall–Kier alpha value is -1.19. The van der Waals surface area contributed by atoms with Gasteiger partial charge in [0.05, 0.1) is 6.10 Å². The van der Waals surface area contributed by atoms with Crippen molar-refractivity contribution in [3.8, 4) is 0 Å². The van der Waals surface area contributed by atoms with E-state index in [1.807, 2.05) is 30.3 Å². The monoisotopic (exact) mass is 308 g/mol. The molecule has 2 rings (SSSR count). The second kappa shape index (κ2) is 6.12. The number of halogens is 2. The summed E-state index contributed by atoms with van der Waals surface area (Å²) in [6.07, 6.45) is 0.466. The molecule has 0 saturated carbocycles. The predicted octanol–water partition coefficient (Wildman–Crippen LogP) is 4.25. The van der Waals surface area contributed by atoms with Gasteiger partial charge in [-0.05, 0) is 36.6 Å². The molecule has 0 radical (unpaired) electrons. The Kier molecular flexibility index (Phi) is 4.50. The third-order valence-corrected chi connectivity index (χ3v) is 3.36. The molecule has 2 aromatic rings. The zero-order valence-electron chi connectivity index (χ0n) is 9.81. The average molecular weight is 309 g/mol.